The van der Waals surface area contributed by atoms with Crippen LogP contribution in [0.4, 0.5) is 0 Å². The fourth-order valence-corrected chi connectivity index (χ4v) is 3.74. The number of hydrogen-bond acceptors (Lipinski definition) is 4. The molecule has 0 radical (unpaired) electrons. The number of carbonyl (C=O) groups is 2. The molecule has 0 aliphatic carbocycles. The van der Waals surface area contributed by atoms with Crippen molar-refractivity contribution in [3.63, 3.8) is 0 Å². The van der Waals surface area contributed by atoms with Gasteiger partial charge in [0.25, 0.3) is 5.91 Å². The van der Waals surface area contributed by atoms with Crippen molar-refractivity contribution in [2.75, 3.05) is 40.3 Å². The van der Waals surface area contributed by atoms with Gasteiger partial charge in [-0.15, -0.1) is 0 Å². The van der Waals surface area contributed by atoms with Crippen molar-refractivity contribution in [3.8, 4) is 6.07 Å². The van der Waals surface area contributed by atoms with Gasteiger partial charge in [0.1, 0.15) is 0 Å². The molecule has 6 nitrogen and oxygen atoms in total. The van der Waals surface area contributed by atoms with Gasteiger partial charge >= 0.3 is 0 Å². The third-order valence-electron chi connectivity index (χ3n) is 5.17. The molecule has 2 amide bonds. The molecule has 4 rings (SSSR count). The molecule has 3 heterocycles. The molecule has 6 heteroatoms. The first-order valence-electron chi connectivity index (χ1n) is 8.71. The van der Waals surface area contributed by atoms with Crippen LogP contribution >= 0.6 is 0 Å². The summed E-state index contributed by atoms with van der Waals surface area (Å²) in [7, 11) is 3.55. The van der Waals surface area contributed by atoms with E-state index in [0.717, 1.165) is 32.5 Å². The average Bonchev–Trinajstić information content (AvgIpc) is 2.91. The van der Waals surface area contributed by atoms with Crippen LogP contribution in [0.2, 0.25) is 0 Å². The number of nitrogens with zero attached hydrogens (tertiary/aromatic N) is 4. The molecular formula is C19H24N4O2. The van der Waals surface area contributed by atoms with Gasteiger partial charge < -0.3 is 9.80 Å². The third-order valence-corrected chi connectivity index (χ3v) is 5.17. The first-order chi connectivity index (χ1) is 12.0. The minimum absolute atomic E-state index is 0.0278. The van der Waals surface area contributed by atoms with Gasteiger partial charge in [0.05, 0.1) is 18.2 Å². The van der Waals surface area contributed by atoms with Gasteiger partial charge in [-0.05, 0) is 43.0 Å². The number of hydrogen-bond donors (Lipinski definition) is 0. The van der Waals surface area contributed by atoms with Gasteiger partial charge in [0.2, 0.25) is 5.91 Å². The van der Waals surface area contributed by atoms with E-state index in [2.05, 4.69) is 11.0 Å². The van der Waals surface area contributed by atoms with Crippen molar-refractivity contribution in [3.05, 3.63) is 35.4 Å². The first kappa shape index (κ1) is 17.4. The van der Waals surface area contributed by atoms with Crippen LogP contribution in [0.25, 0.3) is 0 Å². The van der Waals surface area contributed by atoms with E-state index in [1.165, 1.54) is 0 Å². The molecule has 3 aliphatic heterocycles. The van der Waals surface area contributed by atoms with Crippen LogP contribution in [0.3, 0.4) is 0 Å². The van der Waals surface area contributed by atoms with Crippen LogP contribution < -0.4 is 0 Å². The Bertz CT molecular complexity index is 692. The van der Waals surface area contributed by atoms with Crippen molar-refractivity contribution in [1.82, 2.24) is 14.7 Å². The second-order valence-electron chi connectivity index (χ2n) is 7.23. The lowest BCUT2D eigenvalue weighted by Crippen LogP contribution is -2.47. The Balaban J connectivity index is 1.72. The molecule has 2 atom stereocenters. The largest absolute Gasteiger partial charge is 0.348 e. The lowest BCUT2D eigenvalue weighted by molar-refractivity contribution is -0.129. The SMILES string of the molecule is CN(C)C(=O)CN1C[C@H]2CC[C@@H](C1)N(C(=O)c1ccc(C#N)cc1)C2. The molecule has 132 valence electrons. The summed E-state index contributed by atoms with van der Waals surface area (Å²) in [6.45, 7) is 2.78. The van der Waals surface area contributed by atoms with Gasteiger partial charge in [0.15, 0.2) is 0 Å². The second kappa shape index (κ2) is 7.24. The molecule has 0 N–H and O–H groups in total. The zero-order valence-electron chi connectivity index (χ0n) is 14.8. The number of rotatable bonds is 3. The molecule has 3 saturated heterocycles. The summed E-state index contributed by atoms with van der Waals surface area (Å²) in [5, 5.41) is 8.90. The average molecular weight is 340 g/mol. The maximum Gasteiger partial charge on any atom is 0.254 e. The molecule has 1 aromatic rings. The number of likely N-dealkylation sites (N-methyl/N-ethyl adjacent to an activating group) is 1. The summed E-state index contributed by atoms with van der Waals surface area (Å²) in [5.74, 6) is 0.544. The number of amides is 2. The van der Waals surface area contributed by atoms with Crippen molar-refractivity contribution in [2.45, 2.75) is 18.9 Å². The zero-order chi connectivity index (χ0) is 18.0. The van der Waals surface area contributed by atoms with E-state index in [0.29, 0.717) is 23.6 Å². The summed E-state index contributed by atoms with van der Waals surface area (Å²) in [6.07, 6.45) is 2.09. The Kier molecular flexibility index (Phi) is 5.05. The Morgan fingerprint density at radius 1 is 1.16 bits per heavy atom. The fourth-order valence-electron chi connectivity index (χ4n) is 3.74. The minimum Gasteiger partial charge on any atom is -0.348 e. The summed E-state index contributed by atoms with van der Waals surface area (Å²) in [4.78, 5) is 30.7. The fraction of sp³-hybridized carbons (Fsp3) is 0.526. The number of benzene rings is 1. The molecule has 3 aliphatic rings. The lowest BCUT2D eigenvalue weighted by Gasteiger charge is -2.36. The van der Waals surface area contributed by atoms with Gasteiger partial charge in [-0.25, -0.2) is 0 Å². The maximum absolute atomic E-state index is 12.9. The van der Waals surface area contributed by atoms with Gasteiger partial charge in [-0.1, -0.05) is 0 Å². The van der Waals surface area contributed by atoms with Crippen molar-refractivity contribution < 1.29 is 9.59 Å². The Hall–Kier alpha value is -2.39. The predicted octanol–water partition coefficient (Wildman–Crippen LogP) is 1.18. The molecule has 3 fully saturated rings. The Morgan fingerprint density at radius 2 is 1.88 bits per heavy atom. The van der Waals surface area contributed by atoms with Gasteiger partial charge in [-0.3, -0.25) is 14.5 Å². The number of piperidine rings is 1. The molecule has 1 aromatic carbocycles. The second-order valence-corrected chi connectivity index (χ2v) is 7.23. The molecule has 0 saturated carbocycles. The molecule has 25 heavy (non-hydrogen) atoms. The summed E-state index contributed by atoms with van der Waals surface area (Å²) >= 11 is 0. The molecule has 2 bridgehead atoms. The Labute approximate surface area is 148 Å². The normalized spacial score (nSPS) is 23.0. The van der Waals surface area contributed by atoms with E-state index in [1.54, 1.807) is 43.3 Å². The third kappa shape index (κ3) is 3.83. The van der Waals surface area contributed by atoms with Crippen LogP contribution in [0.15, 0.2) is 24.3 Å². The highest BCUT2D eigenvalue weighted by molar-refractivity contribution is 5.94. The minimum atomic E-state index is 0.0278. The smallest absolute Gasteiger partial charge is 0.254 e. The molecular weight excluding hydrogens is 316 g/mol. The van der Waals surface area contributed by atoms with E-state index in [4.69, 9.17) is 5.26 Å². The summed E-state index contributed by atoms with van der Waals surface area (Å²) < 4.78 is 0. The molecule has 0 aromatic heterocycles. The van der Waals surface area contributed by atoms with Crippen molar-refractivity contribution in [1.29, 1.82) is 5.26 Å². The van der Waals surface area contributed by atoms with E-state index in [9.17, 15) is 9.59 Å². The molecule has 0 unspecified atom stereocenters. The number of nitriles is 1. The van der Waals surface area contributed by atoms with Crippen LogP contribution in [0.5, 0.6) is 0 Å². The van der Waals surface area contributed by atoms with E-state index in [1.807, 2.05) is 4.90 Å². The van der Waals surface area contributed by atoms with Crippen LogP contribution in [-0.4, -0.2) is 72.8 Å². The van der Waals surface area contributed by atoms with Crippen LogP contribution in [0, 0.1) is 17.2 Å². The lowest BCUT2D eigenvalue weighted by atomic mass is 9.94. The van der Waals surface area contributed by atoms with Gasteiger partial charge in [-0.2, -0.15) is 5.26 Å². The Morgan fingerprint density at radius 3 is 2.52 bits per heavy atom. The van der Waals surface area contributed by atoms with E-state index >= 15 is 0 Å². The maximum atomic E-state index is 12.9. The molecule has 0 spiro atoms. The highest BCUT2D eigenvalue weighted by atomic mass is 16.2. The summed E-state index contributed by atoms with van der Waals surface area (Å²) in [5.41, 5.74) is 1.18. The monoisotopic (exact) mass is 340 g/mol. The topological polar surface area (TPSA) is 67.7 Å². The standard InChI is InChI=1S/C19H24N4O2/c1-21(2)18(24)13-22-10-15-5-8-17(12-22)23(11-15)19(25)16-6-3-14(9-20)4-7-16/h3-4,6-7,15,17H,5,8,10-13H2,1-2H3/t15-,17+/m1/s1. The predicted molar refractivity (Wildman–Crippen MR) is 93.8 cm³/mol. The zero-order valence-corrected chi connectivity index (χ0v) is 14.8. The van der Waals surface area contributed by atoms with Crippen molar-refractivity contribution >= 4 is 11.8 Å². The van der Waals surface area contributed by atoms with E-state index in [-0.39, 0.29) is 17.9 Å². The quantitative estimate of drug-likeness (QED) is 0.829. The van der Waals surface area contributed by atoms with Gasteiger partial charge in [0, 0.05) is 45.3 Å². The first-order valence-corrected chi connectivity index (χ1v) is 8.71. The number of fused-ring (bicyclic) bond motifs is 4. The highest BCUT2D eigenvalue weighted by Crippen LogP contribution is 2.29. The van der Waals surface area contributed by atoms with E-state index < -0.39 is 0 Å². The van der Waals surface area contributed by atoms with Crippen LogP contribution in [-0.2, 0) is 4.79 Å². The number of carbonyl (C=O) groups excluding carboxylic acids is 2. The highest BCUT2D eigenvalue weighted by Gasteiger charge is 2.37. The summed E-state index contributed by atoms with van der Waals surface area (Å²) in [6, 6.07) is 9.05. The van der Waals surface area contributed by atoms with Crippen LogP contribution in [0.1, 0.15) is 28.8 Å². The van der Waals surface area contributed by atoms with Crippen molar-refractivity contribution in [2.24, 2.45) is 5.92 Å².